The number of nitrogens with zero attached hydrogens (tertiary/aromatic N) is 3. The van der Waals surface area contributed by atoms with E-state index in [-0.39, 0.29) is 5.25 Å². The quantitative estimate of drug-likeness (QED) is 0.613. The van der Waals surface area contributed by atoms with E-state index in [0.29, 0.717) is 6.42 Å². The van der Waals surface area contributed by atoms with Crippen molar-refractivity contribution >= 4 is 33.9 Å². The number of aryl methyl sites for hydroxylation is 2. The first-order valence-electron chi connectivity index (χ1n) is 7.91. The van der Waals surface area contributed by atoms with Crippen LogP contribution in [0.5, 0.6) is 0 Å². The first kappa shape index (κ1) is 17.5. The van der Waals surface area contributed by atoms with Gasteiger partial charge in [0.05, 0.1) is 6.07 Å². The lowest BCUT2D eigenvalue weighted by atomic mass is 10.1. The summed E-state index contributed by atoms with van der Waals surface area (Å²) in [5.41, 5.74) is 4.56. The zero-order chi connectivity index (χ0) is 17.6. The van der Waals surface area contributed by atoms with E-state index in [0.717, 1.165) is 20.7 Å². The molecule has 1 N–H and O–H groups in total. The van der Waals surface area contributed by atoms with Gasteiger partial charge in [-0.1, -0.05) is 65.1 Å². The van der Waals surface area contributed by atoms with Gasteiger partial charge >= 0.3 is 0 Å². The molecule has 1 atom stereocenters. The van der Waals surface area contributed by atoms with Gasteiger partial charge in [-0.15, -0.1) is 10.2 Å². The van der Waals surface area contributed by atoms with Crippen molar-refractivity contribution < 1.29 is 0 Å². The zero-order valence-electron chi connectivity index (χ0n) is 14.1. The van der Waals surface area contributed by atoms with Gasteiger partial charge in [0.1, 0.15) is 5.25 Å². The molecule has 0 saturated carbocycles. The minimum atomic E-state index is -0.178. The van der Waals surface area contributed by atoms with Gasteiger partial charge in [0.15, 0.2) is 4.34 Å². The molecule has 0 aliphatic heterocycles. The highest BCUT2D eigenvalue weighted by atomic mass is 32.2. The lowest BCUT2D eigenvalue weighted by Crippen LogP contribution is -2.03. The number of anilines is 2. The van der Waals surface area contributed by atoms with Crippen LogP contribution in [0.25, 0.3) is 0 Å². The van der Waals surface area contributed by atoms with Crippen LogP contribution in [-0.2, 0) is 6.42 Å². The van der Waals surface area contributed by atoms with Gasteiger partial charge < -0.3 is 5.32 Å². The van der Waals surface area contributed by atoms with Gasteiger partial charge in [0.25, 0.3) is 0 Å². The molecule has 2 aromatic carbocycles. The second-order valence-electron chi connectivity index (χ2n) is 5.79. The summed E-state index contributed by atoms with van der Waals surface area (Å²) >= 11 is 2.93. The highest BCUT2D eigenvalue weighted by molar-refractivity contribution is 8.01. The Kier molecular flexibility index (Phi) is 5.69. The Morgan fingerprint density at radius 1 is 1.12 bits per heavy atom. The summed E-state index contributed by atoms with van der Waals surface area (Å²) in [5, 5.41) is 21.6. The molecule has 4 nitrogen and oxygen atoms in total. The average Bonchev–Trinajstić information content (AvgIpc) is 3.03. The first-order valence-corrected chi connectivity index (χ1v) is 9.61. The third kappa shape index (κ3) is 5.05. The van der Waals surface area contributed by atoms with Crippen molar-refractivity contribution in [2.45, 2.75) is 29.9 Å². The van der Waals surface area contributed by atoms with Crippen molar-refractivity contribution in [3.8, 4) is 6.07 Å². The Hall–Kier alpha value is -2.36. The fourth-order valence-electron chi connectivity index (χ4n) is 2.33. The Labute approximate surface area is 155 Å². The summed E-state index contributed by atoms with van der Waals surface area (Å²) in [7, 11) is 0. The van der Waals surface area contributed by atoms with Crippen molar-refractivity contribution in [2.75, 3.05) is 5.32 Å². The number of hydrogen-bond acceptors (Lipinski definition) is 6. The molecule has 6 heteroatoms. The van der Waals surface area contributed by atoms with Gasteiger partial charge in [0, 0.05) is 5.69 Å². The third-order valence-corrected chi connectivity index (χ3v) is 5.62. The Balaban J connectivity index is 1.63. The molecule has 0 spiro atoms. The van der Waals surface area contributed by atoms with Crippen LogP contribution < -0.4 is 5.32 Å². The number of benzene rings is 2. The van der Waals surface area contributed by atoms with Gasteiger partial charge in [0.2, 0.25) is 5.13 Å². The average molecular weight is 367 g/mol. The van der Waals surface area contributed by atoms with Crippen molar-refractivity contribution in [1.82, 2.24) is 10.2 Å². The van der Waals surface area contributed by atoms with E-state index in [4.69, 9.17) is 0 Å². The maximum Gasteiger partial charge on any atom is 0.210 e. The summed E-state index contributed by atoms with van der Waals surface area (Å²) in [5.74, 6) is 0. The largest absolute Gasteiger partial charge is 0.330 e. The molecule has 1 heterocycles. The second kappa shape index (κ2) is 8.15. The molecule has 126 valence electrons. The number of hydrogen-bond donors (Lipinski definition) is 1. The Morgan fingerprint density at radius 3 is 2.64 bits per heavy atom. The molecule has 0 amide bonds. The Morgan fingerprint density at radius 2 is 1.92 bits per heavy atom. The minimum Gasteiger partial charge on any atom is -0.330 e. The predicted octanol–water partition coefficient (Wildman–Crippen LogP) is 5.13. The molecule has 0 aliphatic carbocycles. The highest BCUT2D eigenvalue weighted by Crippen LogP contribution is 2.31. The minimum absolute atomic E-state index is 0.178. The molecule has 0 fully saturated rings. The molecule has 3 aromatic rings. The molecule has 0 bridgehead atoms. The van der Waals surface area contributed by atoms with E-state index in [1.165, 1.54) is 34.2 Å². The summed E-state index contributed by atoms with van der Waals surface area (Å²) < 4.78 is 0.800. The van der Waals surface area contributed by atoms with E-state index >= 15 is 0 Å². The number of thioether (sulfide) groups is 1. The van der Waals surface area contributed by atoms with Crippen molar-refractivity contribution in [2.24, 2.45) is 0 Å². The standard InChI is InChI=1S/C19H18N4S2/c1-13-6-8-15(9-7-13)11-17(12-20)24-19-23-22-18(25-19)21-16-5-3-4-14(2)10-16/h3-10,17H,11H2,1-2H3,(H,21,22)/t17-/m1/s1. The molecular formula is C19H18N4S2. The second-order valence-corrected chi connectivity index (χ2v) is 8.22. The van der Waals surface area contributed by atoms with Crippen molar-refractivity contribution in [3.63, 3.8) is 0 Å². The van der Waals surface area contributed by atoms with Crippen LogP contribution in [0.4, 0.5) is 10.8 Å². The fraction of sp³-hybridized carbons (Fsp3) is 0.211. The topological polar surface area (TPSA) is 61.6 Å². The fourth-order valence-corrected chi connectivity index (χ4v) is 4.26. The Bertz CT molecular complexity index is 881. The third-order valence-electron chi connectivity index (χ3n) is 3.60. The van der Waals surface area contributed by atoms with Crippen LogP contribution in [-0.4, -0.2) is 15.4 Å². The number of rotatable bonds is 6. The van der Waals surface area contributed by atoms with Gasteiger partial charge in [-0.05, 0) is 43.5 Å². The van der Waals surface area contributed by atoms with Crippen LogP contribution in [0, 0.1) is 25.2 Å². The summed E-state index contributed by atoms with van der Waals surface area (Å²) in [6.45, 7) is 4.11. The SMILES string of the molecule is Cc1ccc(C[C@H](C#N)Sc2nnc(Nc3cccc(C)c3)s2)cc1. The molecule has 1 aromatic heterocycles. The predicted molar refractivity (Wildman–Crippen MR) is 105 cm³/mol. The number of nitriles is 1. The lowest BCUT2D eigenvalue weighted by molar-refractivity contribution is 0.990. The maximum atomic E-state index is 9.45. The summed E-state index contributed by atoms with van der Waals surface area (Å²) in [4.78, 5) is 0. The highest BCUT2D eigenvalue weighted by Gasteiger charge is 2.14. The van der Waals surface area contributed by atoms with Gasteiger partial charge in [-0.25, -0.2) is 0 Å². The molecule has 25 heavy (non-hydrogen) atoms. The maximum absolute atomic E-state index is 9.45. The van der Waals surface area contributed by atoms with Crippen LogP contribution >= 0.6 is 23.1 Å². The van der Waals surface area contributed by atoms with E-state index < -0.39 is 0 Å². The van der Waals surface area contributed by atoms with Crippen LogP contribution in [0.1, 0.15) is 16.7 Å². The molecular weight excluding hydrogens is 348 g/mol. The van der Waals surface area contributed by atoms with Crippen LogP contribution in [0.3, 0.4) is 0 Å². The van der Waals surface area contributed by atoms with E-state index in [1.807, 2.05) is 12.1 Å². The smallest absolute Gasteiger partial charge is 0.210 e. The summed E-state index contributed by atoms with van der Waals surface area (Å²) in [6.07, 6.45) is 0.696. The van der Waals surface area contributed by atoms with E-state index in [1.54, 1.807) is 0 Å². The zero-order valence-corrected chi connectivity index (χ0v) is 15.7. The number of nitrogens with one attached hydrogen (secondary N) is 1. The molecule has 0 radical (unpaired) electrons. The first-order chi connectivity index (χ1) is 12.1. The van der Waals surface area contributed by atoms with Crippen LogP contribution in [0.15, 0.2) is 52.9 Å². The van der Waals surface area contributed by atoms with Crippen LogP contribution in [0.2, 0.25) is 0 Å². The van der Waals surface area contributed by atoms with E-state index in [9.17, 15) is 5.26 Å². The molecule has 0 saturated heterocycles. The monoisotopic (exact) mass is 366 g/mol. The molecule has 0 unspecified atom stereocenters. The molecule has 0 aliphatic rings. The van der Waals surface area contributed by atoms with E-state index in [2.05, 4.69) is 71.8 Å². The van der Waals surface area contributed by atoms with Gasteiger partial charge in [-0.3, -0.25) is 0 Å². The normalized spacial score (nSPS) is 11.7. The lowest BCUT2D eigenvalue weighted by Gasteiger charge is -2.06. The summed E-state index contributed by atoms with van der Waals surface area (Å²) in [6, 6.07) is 18.8. The van der Waals surface area contributed by atoms with Gasteiger partial charge in [-0.2, -0.15) is 5.26 Å². The van der Waals surface area contributed by atoms with Crippen molar-refractivity contribution in [1.29, 1.82) is 5.26 Å². The molecule has 3 rings (SSSR count). The number of aromatic nitrogens is 2. The van der Waals surface area contributed by atoms with Crippen molar-refractivity contribution in [3.05, 3.63) is 65.2 Å².